The Kier molecular flexibility index (Phi) is 3.19. The van der Waals surface area contributed by atoms with E-state index >= 15 is 0 Å². The molecule has 0 spiro atoms. The van der Waals surface area contributed by atoms with E-state index in [2.05, 4.69) is 10.3 Å². The second-order valence-electron chi connectivity index (χ2n) is 3.58. The fourth-order valence-corrected chi connectivity index (χ4v) is 1.45. The molecule has 1 aromatic heterocycles. The molecule has 0 saturated heterocycles. The highest BCUT2D eigenvalue weighted by atomic mass is 35.5. The molecular weight excluding hydrogens is 229 g/mol. The summed E-state index contributed by atoms with van der Waals surface area (Å²) in [7, 11) is 0. The first-order valence-corrected chi connectivity index (χ1v) is 5.37. The predicted octanol–water partition coefficient (Wildman–Crippen LogP) is 2.77. The van der Waals surface area contributed by atoms with Crippen LogP contribution in [-0.4, -0.2) is 15.0 Å². The fraction of sp³-hybridized carbons (Fsp3) is 0.273. The summed E-state index contributed by atoms with van der Waals surface area (Å²) < 4.78 is 14.4. The minimum Gasteiger partial charge on any atom is -0.248 e. The standard InChI is InChI=1S/C11H11ClFN3/c1-8(12)11-7-16(15-14-11)6-9-2-4-10(13)5-3-9/h2-5,7-8H,6H2,1H3. The third-order valence-corrected chi connectivity index (χ3v) is 2.45. The molecule has 0 bridgehead atoms. The molecule has 0 aliphatic rings. The molecule has 0 aliphatic carbocycles. The molecule has 0 amide bonds. The van der Waals surface area contributed by atoms with Crippen LogP contribution >= 0.6 is 11.6 Å². The van der Waals surface area contributed by atoms with Gasteiger partial charge in [-0.05, 0) is 24.6 Å². The van der Waals surface area contributed by atoms with E-state index in [9.17, 15) is 4.39 Å². The summed E-state index contributed by atoms with van der Waals surface area (Å²) in [6.07, 6.45) is 1.79. The Labute approximate surface area is 97.8 Å². The molecule has 2 rings (SSSR count). The van der Waals surface area contributed by atoms with Crippen LogP contribution in [0, 0.1) is 5.82 Å². The quantitative estimate of drug-likeness (QED) is 0.771. The summed E-state index contributed by atoms with van der Waals surface area (Å²) in [5.74, 6) is -0.239. The zero-order valence-corrected chi connectivity index (χ0v) is 9.52. The SMILES string of the molecule is CC(Cl)c1cn(Cc2ccc(F)cc2)nn1. The van der Waals surface area contributed by atoms with Gasteiger partial charge in [-0.1, -0.05) is 17.3 Å². The summed E-state index contributed by atoms with van der Waals surface area (Å²) in [6.45, 7) is 2.41. The average Bonchev–Trinajstić information content (AvgIpc) is 2.70. The summed E-state index contributed by atoms with van der Waals surface area (Å²) in [6, 6.07) is 6.30. The van der Waals surface area contributed by atoms with Gasteiger partial charge in [0, 0.05) is 0 Å². The number of hydrogen-bond donors (Lipinski definition) is 0. The minimum absolute atomic E-state index is 0.151. The van der Waals surface area contributed by atoms with Crippen LogP contribution in [0.15, 0.2) is 30.5 Å². The lowest BCUT2D eigenvalue weighted by Crippen LogP contribution is -2.00. The Hall–Kier alpha value is -1.42. The van der Waals surface area contributed by atoms with Gasteiger partial charge in [0.25, 0.3) is 0 Å². The largest absolute Gasteiger partial charge is 0.248 e. The van der Waals surface area contributed by atoms with Crippen LogP contribution in [0.1, 0.15) is 23.6 Å². The second kappa shape index (κ2) is 4.61. The molecule has 0 aliphatic heterocycles. The van der Waals surface area contributed by atoms with Crippen molar-refractivity contribution >= 4 is 11.6 Å². The topological polar surface area (TPSA) is 30.7 Å². The Bertz CT molecular complexity index is 464. The van der Waals surface area contributed by atoms with Crippen LogP contribution < -0.4 is 0 Å². The minimum atomic E-state index is -0.239. The second-order valence-corrected chi connectivity index (χ2v) is 4.24. The van der Waals surface area contributed by atoms with Gasteiger partial charge in [-0.2, -0.15) is 0 Å². The molecule has 0 fully saturated rings. The van der Waals surface area contributed by atoms with Gasteiger partial charge in [0.15, 0.2) is 0 Å². The highest BCUT2D eigenvalue weighted by Gasteiger charge is 2.06. The summed E-state index contributed by atoms with van der Waals surface area (Å²) in [4.78, 5) is 0. The predicted molar refractivity (Wildman–Crippen MR) is 59.8 cm³/mol. The molecule has 1 aromatic carbocycles. The van der Waals surface area contributed by atoms with Gasteiger partial charge >= 0.3 is 0 Å². The van der Waals surface area contributed by atoms with Crippen LogP contribution in [0.25, 0.3) is 0 Å². The number of halogens is 2. The maximum Gasteiger partial charge on any atom is 0.123 e. The zero-order valence-electron chi connectivity index (χ0n) is 8.77. The molecular formula is C11H11ClFN3. The lowest BCUT2D eigenvalue weighted by molar-refractivity contribution is 0.621. The molecule has 0 N–H and O–H groups in total. The van der Waals surface area contributed by atoms with Crippen molar-refractivity contribution in [3.05, 3.63) is 47.5 Å². The summed E-state index contributed by atoms with van der Waals surface area (Å²) in [5.41, 5.74) is 1.71. The molecule has 1 unspecified atom stereocenters. The number of benzene rings is 1. The Morgan fingerprint density at radius 3 is 2.62 bits per heavy atom. The van der Waals surface area contributed by atoms with Gasteiger partial charge in [0.05, 0.1) is 18.1 Å². The van der Waals surface area contributed by atoms with E-state index in [0.717, 1.165) is 11.3 Å². The number of nitrogens with zero attached hydrogens (tertiary/aromatic N) is 3. The summed E-state index contributed by atoms with van der Waals surface area (Å²) in [5, 5.41) is 7.73. The molecule has 1 atom stereocenters. The fourth-order valence-electron chi connectivity index (χ4n) is 1.35. The van der Waals surface area contributed by atoms with Crippen LogP contribution in [0.3, 0.4) is 0 Å². The lowest BCUT2D eigenvalue weighted by Gasteiger charge is -2.00. The van der Waals surface area contributed by atoms with Crippen molar-refractivity contribution in [1.82, 2.24) is 15.0 Å². The number of alkyl halides is 1. The van der Waals surface area contributed by atoms with Gasteiger partial charge in [0.2, 0.25) is 0 Å². The lowest BCUT2D eigenvalue weighted by atomic mass is 10.2. The van der Waals surface area contributed by atoms with Crippen molar-refractivity contribution in [2.75, 3.05) is 0 Å². The van der Waals surface area contributed by atoms with Crippen molar-refractivity contribution in [1.29, 1.82) is 0 Å². The number of aromatic nitrogens is 3. The molecule has 5 heteroatoms. The van der Waals surface area contributed by atoms with Crippen LogP contribution in [0.4, 0.5) is 4.39 Å². The third-order valence-electron chi connectivity index (χ3n) is 2.22. The van der Waals surface area contributed by atoms with E-state index < -0.39 is 0 Å². The van der Waals surface area contributed by atoms with E-state index in [1.165, 1.54) is 12.1 Å². The smallest absolute Gasteiger partial charge is 0.123 e. The van der Waals surface area contributed by atoms with Gasteiger partial charge in [-0.3, -0.25) is 0 Å². The van der Waals surface area contributed by atoms with Crippen LogP contribution in [-0.2, 0) is 6.54 Å². The number of rotatable bonds is 3. The molecule has 0 radical (unpaired) electrons. The molecule has 3 nitrogen and oxygen atoms in total. The molecule has 16 heavy (non-hydrogen) atoms. The molecule has 0 saturated carbocycles. The highest BCUT2D eigenvalue weighted by molar-refractivity contribution is 6.20. The van der Waals surface area contributed by atoms with E-state index in [-0.39, 0.29) is 11.2 Å². The van der Waals surface area contributed by atoms with E-state index in [1.54, 1.807) is 23.0 Å². The molecule has 1 heterocycles. The van der Waals surface area contributed by atoms with Crippen molar-refractivity contribution in [2.45, 2.75) is 18.8 Å². The first kappa shape index (κ1) is 11.1. The van der Waals surface area contributed by atoms with Gasteiger partial charge in [-0.15, -0.1) is 16.7 Å². The van der Waals surface area contributed by atoms with Crippen molar-refractivity contribution in [3.8, 4) is 0 Å². The van der Waals surface area contributed by atoms with Gasteiger partial charge in [-0.25, -0.2) is 9.07 Å². The third kappa shape index (κ3) is 2.58. The molecule has 2 aromatic rings. The number of hydrogen-bond acceptors (Lipinski definition) is 2. The van der Waals surface area contributed by atoms with Crippen molar-refractivity contribution in [3.63, 3.8) is 0 Å². The maximum absolute atomic E-state index is 12.7. The Morgan fingerprint density at radius 1 is 1.38 bits per heavy atom. The van der Waals surface area contributed by atoms with E-state index in [4.69, 9.17) is 11.6 Å². The van der Waals surface area contributed by atoms with Crippen LogP contribution in [0.2, 0.25) is 0 Å². The first-order valence-electron chi connectivity index (χ1n) is 4.93. The first-order chi connectivity index (χ1) is 7.65. The van der Waals surface area contributed by atoms with Crippen molar-refractivity contribution in [2.24, 2.45) is 0 Å². The Morgan fingerprint density at radius 2 is 2.06 bits per heavy atom. The van der Waals surface area contributed by atoms with Gasteiger partial charge in [0.1, 0.15) is 11.5 Å². The normalized spacial score (nSPS) is 12.7. The van der Waals surface area contributed by atoms with E-state index in [1.807, 2.05) is 6.92 Å². The van der Waals surface area contributed by atoms with E-state index in [0.29, 0.717) is 6.54 Å². The van der Waals surface area contributed by atoms with Crippen LogP contribution in [0.5, 0.6) is 0 Å². The average molecular weight is 240 g/mol. The monoisotopic (exact) mass is 239 g/mol. The molecule has 84 valence electrons. The van der Waals surface area contributed by atoms with Crippen molar-refractivity contribution < 1.29 is 4.39 Å². The summed E-state index contributed by atoms with van der Waals surface area (Å²) >= 11 is 5.87. The highest BCUT2D eigenvalue weighted by Crippen LogP contribution is 2.15. The van der Waals surface area contributed by atoms with Gasteiger partial charge < -0.3 is 0 Å². The Balaban J connectivity index is 2.11. The zero-order chi connectivity index (χ0) is 11.5. The maximum atomic E-state index is 12.7.